The fourth-order valence-corrected chi connectivity index (χ4v) is 3.76. The SMILES string of the molecule is CCCc1cc(NS(=O)(=O)C2CCCC2)n[nH]1. The first kappa shape index (κ1) is 12.4. The highest BCUT2D eigenvalue weighted by molar-refractivity contribution is 7.93. The van der Waals surface area contributed by atoms with E-state index < -0.39 is 10.0 Å². The van der Waals surface area contributed by atoms with Crippen LogP contribution >= 0.6 is 0 Å². The third-order valence-corrected chi connectivity index (χ3v) is 4.98. The van der Waals surface area contributed by atoms with Crippen LogP contribution in [0.4, 0.5) is 5.82 Å². The number of aromatic nitrogens is 2. The van der Waals surface area contributed by atoms with Crippen molar-refractivity contribution in [1.82, 2.24) is 10.2 Å². The van der Waals surface area contributed by atoms with Crippen molar-refractivity contribution in [2.45, 2.75) is 50.7 Å². The Morgan fingerprint density at radius 1 is 1.47 bits per heavy atom. The number of hydrogen-bond donors (Lipinski definition) is 2. The summed E-state index contributed by atoms with van der Waals surface area (Å²) < 4.78 is 26.6. The van der Waals surface area contributed by atoms with Gasteiger partial charge in [0.25, 0.3) is 0 Å². The average Bonchev–Trinajstić information content (AvgIpc) is 2.88. The van der Waals surface area contributed by atoms with Crippen LogP contribution in [0.2, 0.25) is 0 Å². The summed E-state index contributed by atoms with van der Waals surface area (Å²) in [5.41, 5.74) is 0.969. The van der Waals surface area contributed by atoms with Crippen LogP contribution in [0.5, 0.6) is 0 Å². The van der Waals surface area contributed by atoms with Gasteiger partial charge >= 0.3 is 0 Å². The van der Waals surface area contributed by atoms with E-state index in [4.69, 9.17) is 0 Å². The molecule has 0 spiro atoms. The maximum Gasteiger partial charge on any atom is 0.236 e. The van der Waals surface area contributed by atoms with E-state index in [1.165, 1.54) is 0 Å². The van der Waals surface area contributed by atoms with Crippen molar-refractivity contribution < 1.29 is 8.42 Å². The third kappa shape index (κ3) is 3.00. The van der Waals surface area contributed by atoms with Crippen molar-refractivity contribution in [3.8, 4) is 0 Å². The number of rotatable bonds is 5. The van der Waals surface area contributed by atoms with Gasteiger partial charge in [0, 0.05) is 11.8 Å². The summed E-state index contributed by atoms with van der Waals surface area (Å²) in [5, 5.41) is 6.58. The number of hydrogen-bond acceptors (Lipinski definition) is 3. The minimum Gasteiger partial charge on any atom is -0.280 e. The number of H-pyrrole nitrogens is 1. The molecule has 0 amide bonds. The molecule has 1 saturated carbocycles. The summed E-state index contributed by atoms with van der Waals surface area (Å²) >= 11 is 0. The maximum atomic E-state index is 12.0. The standard InChI is InChI=1S/C11H19N3O2S/c1-2-5-9-8-11(13-12-9)14-17(15,16)10-6-3-4-7-10/h8,10H,2-7H2,1H3,(H2,12,13,14). The fourth-order valence-electron chi connectivity index (χ4n) is 2.24. The zero-order valence-electron chi connectivity index (χ0n) is 10.1. The summed E-state index contributed by atoms with van der Waals surface area (Å²) in [6.45, 7) is 2.07. The molecular weight excluding hydrogens is 238 g/mol. The number of sulfonamides is 1. The maximum absolute atomic E-state index is 12.0. The first-order valence-electron chi connectivity index (χ1n) is 6.17. The molecule has 2 N–H and O–H groups in total. The Morgan fingerprint density at radius 2 is 2.18 bits per heavy atom. The lowest BCUT2D eigenvalue weighted by molar-refractivity contribution is 0.585. The Morgan fingerprint density at radius 3 is 2.82 bits per heavy atom. The quantitative estimate of drug-likeness (QED) is 0.847. The lowest BCUT2D eigenvalue weighted by atomic mass is 10.2. The van der Waals surface area contributed by atoms with Gasteiger partial charge in [-0.15, -0.1) is 0 Å². The van der Waals surface area contributed by atoms with Gasteiger partial charge in [0.2, 0.25) is 10.0 Å². The predicted molar refractivity (Wildman–Crippen MR) is 67.4 cm³/mol. The average molecular weight is 257 g/mol. The molecule has 1 fully saturated rings. The Labute approximate surface area is 102 Å². The van der Waals surface area contributed by atoms with E-state index in [9.17, 15) is 8.42 Å². The molecule has 0 aromatic carbocycles. The molecule has 0 atom stereocenters. The molecular formula is C11H19N3O2S. The zero-order valence-corrected chi connectivity index (χ0v) is 10.9. The number of nitrogens with one attached hydrogen (secondary N) is 2. The number of aryl methyl sites for hydroxylation is 1. The van der Waals surface area contributed by atoms with E-state index in [1.54, 1.807) is 6.07 Å². The van der Waals surface area contributed by atoms with Crippen molar-refractivity contribution in [2.75, 3.05) is 4.72 Å². The van der Waals surface area contributed by atoms with E-state index >= 15 is 0 Å². The summed E-state index contributed by atoms with van der Waals surface area (Å²) in [6, 6.07) is 1.77. The van der Waals surface area contributed by atoms with E-state index in [1.807, 2.05) is 0 Å². The van der Waals surface area contributed by atoms with Gasteiger partial charge in [0.1, 0.15) is 0 Å². The Kier molecular flexibility index (Phi) is 3.71. The largest absolute Gasteiger partial charge is 0.280 e. The van der Waals surface area contributed by atoms with Crippen LogP contribution in [-0.4, -0.2) is 23.9 Å². The van der Waals surface area contributed by atoms with Crippen LogP contribution in [0.3, 0.4) is 0 Å². The normalized spacial score (nSPS) is 17.5. The first-order chi connectivity index (χ1) is 8.12. The third-order valence-electron chi connectivity index (χ3n) is 3.14. The van der Waals surface area contributed by atoms with E-state index in [2.05, 4.69) is 21.8 Å². The van der Waals surface area contributed by atoms with E-state index in [-0.39, 0.29) is 5.25 Å². The minimum atomic E-state index is -3.25. The molecule has 6 heteroatoms. The van der Waals surface area contributed by atoms with Gasteiger partial charge in [0.05, 0.1) is 5.25 Å². The van der Waals surface area contributed by atoms with Crippen LogP contribution in [0.25, 0.3) is 0 Å². The molecule has 96 valence electrons. The fraction of sp³-hybridized carbons (Fsp3) is 0.727. The van der Waals surface area contributed by atoms with Crippen molar-refractivity contribution in [3.05, 3.63) is 11.8 Å². The lowest BCUT2D eigenvalue weighted by Gasteiger charge is -2.10. The highest BCUT2D eigenvalue weighted by Gasteiger charge is 2.29. The number of nitrogens with zero attached hydrogens (tertiary/aromatic N) is 1. The van der Waals surface area contributed by atoms with Gasteiger partial charge in [-0.1, -0.05) is 26.2 Å². The highest BCUT2D eigenvalue weighted by atomic mass is 32.2. The van der Waals surface area contributed by atoms with E-state index in [0.29, 0.717) is 5.82 Å². The second-order valence-electron chi connectivity index (χ2n) is 4.58. The van der Waals surface area contributed by atoms with Crippen molar-refractivity contribution >= 4 is 15.8 Å². The summed E-state index contributed by atoms with van der Waals surface area (Å²) in [5.74, 6) is 0.417. The van der Waals surface area contributed by atoms with Gasteiger partial charge in [-0.25, -0.2) is 8.42 Å². The van der Waals surface area contributed by atoms with Gasteiger partial charge in [0.15, 0.2) is 5.82 Å². The Bertz CT molecular complexity index is 461. The molecule has 0 aliphatic heterocycles. The Balaban J connectivity index is 2.03. The van der Waals surface area contributed by atoms with Crippen molar-refractivity contribution in [2.24, 2.45) is 0 Å². The second kappa shape index (κ2) is 5.08. The monoisotopic (exact) mass is 257 g/mol. The predicted octanol–water partition coefficient (Wildman–Crippen LogP) is 2.05. The molecule has 1 heterocycles. The number of anilines is 1. The van der Waals surface area contributed by atoms with Crippen LogP contribution in [-0.2, 0) is 16.4 Å². The smallest absolute Gasteiger partial charge is 0.236 e. The molecule has 1 aromatic heterocycles. The zero-order chi connectivity index (χ0) is 12.3. The molecule has 1 aliphatic carbocycles. The molecule has 1 aliphatic rings. The molecule has 0 radical (unpaired) electrons. The topological polar surface area (TPSA) is 74.8 Å². The van der Waals surface area contributed by atoms with Crippen molar-refractivity contribution in [1.29, 1.82) is 0 Å². The molecule has 5 nitrogen and oxygen atoms in total. The molecule has 2 rings (SSSR count). The highest BCUT2D eigenvalue weighted by Crippen LogP contribution is 2.25. The second-order valence-corrected chi connectivity index (χ2v) is 6.54. The van der Waals surface area contributed by atoms with Gasteiger partial charge in [-0.05, 0) is 19.3 Å². The van der Waals surface area contributed by atoms with E-state index in [0.717, 1.165) is 44.2 Å². The van der Waals surface area contributed by atoms with Crippen LogP contribution in [0, 0.1) is 0 Å². The summed E-state index contributed by atoms with van der Waals surface area (Å²) in [6.07, 6.45) is 5.44. The molecule has 0 bridgehead atoms. The van der Waals surface area contributed by atoms with Crippen molar-refractivity contribution in [3.63, 3.8) is 0 Å². The van der Waals surface area contributed by atoms with Crippen LogP contribution in [0.1, 0.15) is 44.7 Å². The van der Waals surface area contributed by atoms with Gasteiger partial charge in [-0.3, -0.25) is 9.82 Å². The molecule has 0 saturated heterocycles. The summed E-state index contributed by atoms with van der Waals surface area (Å²) in [4.78, 5) is 0. The minimum absolute atomic E-state index is 0.242. The Hall–Kier alpha value is -1.04. The molecule has 17 heavy (non-hydrogen) atoms. The lowest BCUT2D eigenvalue weighted by Crippen LogP contribution is -2.25. The summed E-state index contributed by atoms with van der Waals surface area (Å²) in [7, 11) is -3.25. The van der Waals surface area contributed by atoms with Gasteiger partial charge in [-0.2, -0.15) is 5.10 Å². The van der Waals surface area contributed by atoms with Crippen LogP contribution in [0.15, 0.2) is 6.07 Å². The number of aromatic amines is 1. The van der Waals surface area contributed by atoms with Gasteiger partial charge < -0.3 is 0 Å². The first-order valence-corrected chi connectivity index (χ1v) is 7.72. The van der Waals surface area contributed by atoms with Crippen LogP contribution < -0.4 is 4.72 Å². The molecule has 1 aromatic rings. The molecule has 0 unspecified atom stereocenters.